The van der Waals surface area contributed by atoms with Crippen molar-refractivity contribution in [3.8, 4) is 6.07 Å². The second-order valence-electron chi connectivity index (χ2n) is 4.53. The molecule has 0 fully saturated rings. The van der Waals surface area contributed by atoms with Crippen LogP contribution in [0.15, 0.2) is 42.5 Å². The number of carbonyl (C=O) groups excluding carboxylic acids is 1. The molecule has 0 bridgehead atoms. The molecular formula is C16H14ClN3O. The van der Waals surface area contributed by atoms with Gasteiger partial charge in [0.25, 0.3) is 0 Å². The third-order valence-corrected chi connectivity index (χ3v) is 3.22. The molecule has 2 aromatic rings. The van der Waals surface area contributed by atoms with Gasteiger partial charge in [-0.1, -0.05) is 17.7 Å². The minimum Gasteiger partial charge on any atom is -0.381 e. The fourth-order valence-electron chi connectivity index (χ4n) is 1.83. The van der Waals surface area contributed by atoms with E-state index >= 15 is 0 Å². The largest absolute Gasteiger partial charge is 0.381 e. The zero-order chi connectivity index (χ0) is 15.2. The zero-order valence-corrected chi connectivity index (χ0v) is 12.2. The van der Waals surface area contributed by atoms with Gasteiger partial charge in [-0.3, -0.25) is 4.79 Å². The summed E-state index contributed by atoms with van der Waals surface area (Å²) in [5.41, 5.74) is 3.14. The van der Waals surface area contributed by atoms with Crippen molar-refractivity contribution in [1.29, 1.82) is 5.26 Å². The highest BCUT2D eigenvalue weighted by molar-refractivity contribution is 6.31. The minimum absolute atomic E-state index is 0.0972. The van der Waals surface area contributed by atoms with E-state index < -0.39 is 0 Å². The summed E-state index contributed by atoms with van der Waals surface area (Å²) in [5, 5.41) is 15.3. The van der Waals surface area contributed by atoms with Crippen molar-refractivity contribution in [2.45, 2.75) is 13.5 Å². The van der Waals surface area contributed by atoms with Gasteiger partial charge < -0.3 is 10.6 Å². The molecule has 4 nitrogen and oxygen atoms in total. The Morgan fingerprint density at radius 2 is 1.86 bits per heavy atom. The third-order valence-electron chi connectivity index (χ3n) is 2.87. The molecule has 21 heavy (non-hydrogen) atoms. The highest BCUT2D eigenvalue weighted by atomic mass is 35.5. The van der Waals surface area contributed by atoms with E-state index in [4.69, 9.17) is 16.9 Å². The van der Waals surface area contributed by atoms with Gasteiger partial charge in [-0.25, -0.2) is 0 Å². The number of nitrogens with zero attached hydrogens (tertiary/aromatic N) is 1. The number of rotatable bonds is 4. The van der Waals surface area contributed by atoms with Gasteiger partial charge in [-0.15, -0.1) is 0 Å². The Bertz CT molecular complexity index is 690. The molecule has 2 aromatic carbocycles. The van der Waals surface area contributed by atoms with E-state index in [-0.39, 0.29) is 5.91 Å². The van der Waals surface area contributed by atoms with E-state index in [9.17, 15) is 4.79 Å². The maximum Gasteiger partial charge on any atom is 0.221 e. The number of carbonyl (C=O) groups is 1. The van der Waals surface area contributed by atoms with Crippen LogP contribution in [0.25, 0.3) is 0 Å². The van der Waals surface area contributed by atoms with Gasteiger partial charge in [-0.2, -0.15) is 5.26 Å². The average Bonchev–Trinajstić information content (AvgIpc) is 2.47. The number of hydrogen-bond donors (Lipinski definition) is 2. The van der Waals surface area contributed by atoms with Crippen molar-refractivity contribution < 1.29 is 4.79 Å². The Labute approximate surface area is 128 Å². The lowest BCUT2D eigenvalue weighted by Gasteiger charge is -2.09. The number of nitrogens with one attached hydrogen (secondary N) is 2. The molecule has 2 N–H and O–H groups in total. The smallest absolute Gasteiger partial charge is 0.221 e. The van der Waals surface area contributed by atoms with Crippen LogP contribution in [0.5, 0.6) is 0 Å². The van der Waals surface area contributed by atoms with E-state index in [1.165, 1.54) is 6.92 Å². The summed E-state index contributed by atoms with van der Waals surface area (Å²) in [4.78, 5) is 10.9. The normalized spacial score (nSPS) is 9.76. The standard InChI is InChI=1S/C16H14ClN3O/c1-11(21)20-15-6-4-14(5-7-15)19-10-13-3-2-12(9-18)8-16(13)17/h2-8,19H,10H2,1H3,(H,20,21). The van der Waals surface area contributed by atoms with Crippen molar-refractivity contribution >= 4 is 28.9 Å². The van der Waals surface area contributed by atoms with Crippen LogP contribution in [-0.2, 0) is 11.3 Å². The molecule has 0 spiro atoms. The number of hydrogen-bond acceptors (Lipinski definition) is 3. The highest BCUT2D eigenvalue weighted by Gasteiger charge is 2.02. The van der Waals surface area contributed by atoms with Crippen LogP contribution >= 0.6 is 11.6 Å². The van der Waals surface area contributed by atoms with E-state index in [0.29, 0.717) is 17.1 Å². The van der Waals surface area contributed by atoms with Crippen LogP contribution in [0.3, 0.4) is 0 Å². The molecule has 0 saturated carbocycles. The SMILES string of the molecule is CC(=O)Nc1ccc(NCc2ccc(C#N)cc2Cl)cc1. The first-order valence-corrected chi connectivity index (χ1v) is 6.76. The van der Waals surface area contributed by atoms with Crippen LogP contribution in [-0.4, -0.2) is 5.91 Å². The number of amides is 1. The van der Waals surface area contributed by atoms with Crippen molar-refractivity contribution in [2.75, 3.05) is 10.6 Å². The lowest BCUT2D eigenvalue weighted by Crippen LogP contribution is -2.05. The quantitative estimate of drug-likeness (QED) is 0.903. The Morgan fingerprint density at radius 3 is 2.43 bits per heavy atom. The average molecular weight is 300 g/mol. The summed E-state index contributed by atoms with van der Waals surface area (Å²) in [7, 11) is 0. The van der Waals surface area contributed by atoms with Gasteiger partial charge in [0.1, 0.15) is 0 Å². The van der Waals surface area contributed by atoms with Crippen LogP contribution in [0.4, 0.5) is 11.4 Å². The number of benzene rings is 2. The third kappa shape index (κ3) is 4.23. The molecule has 0 aliphatic heterocycles. The highest BCUT2D eigenvalue weighted by Crippen LogP contribution is 2.20. The molecule has 0 heterocycles. The molecule has 1 amide bonds. The molecule has 0 saturated heterocycles. The van der Waals surface area contributed by atoms with Gasteiger partial charge in [0.05, 0.1) is 11.6 Å². The summed E-state index contributed by atoms with van der Waals surface area (Å²) >= 11 is 6.12. The van der Waals surface area contributed by atoms with Crippen LogP contribution < -0.4 is 10.6 Å². The first-order chi connectivity index (χ1) is 10.1. The van der Waals surface area contributed by atoms with Gasteiger partial charge in [0, 0.05) is 29.9 Å². The zero-order valence-electron chi connectivity index (χ0n) is 11.5. The summed E-state index contributed by atoms with van der Waals surface area (Å²) in [6.07, 6.45) is 0. The van der Waals surface area contributed by atoms with Crippen molar-refractivity contribution in [3.05, 3.63) is 58.6 Å². The Balaban J connectivity index is 2.00. The fraction of sp³-hybridized carbons (Fsp3) is 0.125. The summed E-state index contributed by atoms with van der Waals surface area (Å²) < 4.78 is 0. The molecule has 0 aliphatic rings. The van der Waals surface area contributed by atoms with E-state index in [0.717, 1.165) is 16.9 Å². The predicted molar refractivity (Wildman–Crippen MR) is 84.2 cm³/mol. The first-order valence-electron chi connectivity index (χ1n) is 6.38. The van der Waals surface area contributed by atoms with Gasteiger partial charge >= 0.3 is 0 Å². The van der Waals surface area contributed by atoms with Crippen molar-refractivity contribution in [3.63, 3.8) is 0 Å². The molecular weight excluding hydrogens is 286 g/mol. The first kappa shape index (κ1) is 14.9. The van der Waals surface area contributed by atoms with Crippen molar-refractivity contribution in [1.82, 2.24) is 0 Å². The minimum atomic E-state index is -0.0972. The van der Waals surface area contributed by atoms with Crippen LogP contribution in [0, 0.1) is 11.3 Å². The Hall–Kier alpha value is -2.51. The molecule has 0 radical (unpaired) electrons. The van der Waals surface area contributed by atoms with Gasteiger partial charge in [0.15, 0.2) is 0 Å². The number of halogens is 1. The number of nitriles is 1. The lowest BCUT2D eigenvalue weighted by molar-refractivity contribution is -0.114. The molecule has 0 aliphatic carbocycles. The van der Waals surface area contributed by atoms with Gasteiger partial charge in [0.2, 0.25) is 5.91 Å². The molecule has 0 unspecified atom stereocenters. The summed E-state index contributed by atoms with van der Waals surface area (Å²) in [5.74, 6) is -0.0972. The maximum absolute atomic E-state index is 10.9. The topological polar surface area (TPSA) is 64.9 Å². The summed E-state index contributed by atoms with van der Waals surface area (Å²) in [6, 6.07) is 14.7. The molecule has 0 aromatic heterocycles. The summed E-state index contributed by atoms with van der Waals surface area (Å²) in [6.45, 7) is 2.03. The molecule has 0 atom stereocenters. The van der Waals surface area contributed by atoms with E-state index in [1.807, 2.05) is 30.3 Å². The van der Waals surface area contributed by atoms with Gasteiger partial charge in [-0.05, 0) is 42.0 Å². The maximum atomic E-state index is 10.9. The van der Waals surface area contributed by atoms with E-state index in [2.05, 4.69) is 16.7 Å². The van der Waals surface area contributed by atoms with Crippen molar-refractivity contribution in [2.24, 2.45) is 0 Å². The monoisotopic (exact) mass is 299 g/mol. The molecule has 5 heteroatoms. The molecule has 106 valence electrons. The van der Waals surface area contributed by atoms with Crippen LogP contribution in [0.1, 0.15) is 18.1 Å². The second kappa shape index (κ2) is 6.78. The molecule has 2 rings (SSSR count). The Kier molecular flexibility index (Phi) is 4.81. The second-order valence-corrected chi connectivity index (χ2v) is 4.94. The lowest BCUT2D eigenvalue weighted by atomic mass is 10.1. The predicted octanol–water partition coefficient (Wildman–Crippen LogP) is 3.78. The fourth-order valence-corrected chi connectivity index (χ4v) is 2.08. The Morgan fingerprint density at radius 1 is 1.19 bits per heavy atom. The van der Waals surface area contributed by atoms with E-state index in [1.54, 1.807) is 12.1 Å². The number of anilines is 2. The van der Waals surface area contributed by atoms with Crippen LogP contribution in [0.2, 0.25) is 5.02 Å².